The van der Waals surface area contributed by atoms with Crippen LogP contribution in [0.15, 0.2) is 47.7 Å². The standard InChI is InChI=1S/C19H27N5/c1-16-8-11-23(12-9-16)19(20-2)22-14-18-21-10-13-24(18)15-17-6-4-3-5-7-17/h3-7,10,13,16H,8-9,11-12,14-15H2,1-2H3,(H,20,22). The Hall–Kier alpha value is -2.30. The molecule has 0 unspecified atom stereocenters. The first-order valence-electron chi connectivity index (χ1n) is 8.76. The number of benzene rings is 1. The lowest BCUT2D eigenvalue weighted by Crippen LogP contribution is -2.45. The highest BCUT2D eigenvalue weighted by Gasteiger charge is 2.18. The molecule has 0 atom stereocenters. The molecule has 0 radical (unpaired) electrons. The van der Waals surface area contributed by atoms with Gasteiger partial charge in [-0.05, 0) is 24.3 Å². The fourth-order valence-electron chi connectivity index (χ4n) is 3.14. The molecule has 0 bridgehead atoms. The van der Waals surface area contributed by atoms with Crippen LogP contribution in [0.4, 0.5) is 0 Å². The summed E-state index contributed by atoms with van der Waals surface area (Å²) in [6.45, 7) is 6.03. The van der Waals surface area contributed by atoms with Crippen LogP contribution in [0.25, 0.3) is 0 Å². The summed E-state index contributed by atoms with van der Waals surface area (Å²) in [7, 11) is 1.86. The second-order valence-electron chi connectivity index (χ2n) is 6.53. The summed E-state index contributed by atoms with van der Waals surface area (Å²) in [5.74, 6) is 2.84. The molecule has 1 fully saturated rings. The Balaban J connectivity index is 1.59. The van der Waals surface area contributed by atoms with Crippen molar-refractivity contribution in [3.63, 3.8) is 0 Å². The van der Waals surface area contributed by atoms with Gasteiger partial charge in [0.15, 0.2) is 5.96 Å². The van der Waals surface area contributed by atoms with Crippen LogP contribution in [0.1, 0.15) is 31.2 Å². The third-order valence-electron chi connectivity index (χ3n) is 4.70. The number of aromatic nitrogens is 2. The van der Waals surface area contributed by atoms with E-state index in [-0.39, 0.29) is 0 Å². The summed E-state index contributed by atoms with van der Waals surface area (Å²) in [5, 5.41) is 3.48. The van der Waals surface area contributed by atoms with E-state index in [1.807, 2.05) is 25.5 Å². The van der Waals surface area contributed by atoms with Gasteiger partial charge in [-0.25, -0.2) is 4.98 Å². The second kappa shape index (κ2) is 7.99. The Kier molecular flexibility index (Phi) is 5.51. The first-order chi connectivity index (χ1) is 11.8. The molecule has 5 nitrogen and oxygen atoms in total. The predicted octanol–water partition coefficient (Wildman–Crippen LogP) is 2.74. The third kappa shape index (κ3) is 4.16. The predicted molar refractivity (Wildman–Crippen MR) is 97.9 cm³/mol. The van der Waals surface area contributed by atoms with Crippen LogP contribution in [0.3, 0.4) is 0 Å². The average molecular weight is 325 g/mol. The van der Waals surface area contributed by atoms with Gasteiger partial charge in [0, 0.05) is 39.1 Å². The number of hydrogen-bond acceptors (Lipinski definition) is 2. The maximum absolute atomic E-state index is 4.50. The van der Waals surface area contributed by atoms with E-state index in [4.69, 9.17) is 0 Å². The summed E-state index contributed by atoms with van der Waals surface area (Å²) in [6, 6.07) is 10.5. The minimum absolute atomic E-state index is 0.693. The highest BCUT2D eigenvalue weighted by atomic mass is 15.3. The molecular formula is C19H27N5. The highest BCUT2D eigenvalue weighted by Crippen LogP contribution is 2.16. The molecule has 1 aliphatic heterocycles. The fraction of sp³-hybridized carbons (Fsp3) is 0.474. The summed E-state index contributed by atoms with van der Waals surface area (Å²) < 4.78 is 2.19. The Bertz CT molecular complexity index is 653. The molecule has 3 rings (SSSR count). The number of aliphatic imine (C=N–C) groups is 1. The molecule has 0 saturated carbocycles. The van der Waals surface area contributed by atoms with E-state index < -0.39 is 0 Å². The zero-order valence-electron chi connectivity index (χ0n) is 14.7. The fourth-order valence-corrected chi connectivity index (χ4v) is 3.14. The minimum atomic E-state index is 0.693. The molecule has 24 heavy (non-hydrogen) atoms. The van der Waals surface area contributed by atoms with Gasteiger partial charge in [0.05, 0.1) is 6.54 Å². The van der Waals surface area contributed by atoms with Crippen LogP contribution < -0.4 is 5.32 Å². The molecule has 1 aromatic carbocycles. The van der Waals surface area contributed by atoms with Gasteiger partial charge in [-0.1, -0.05) is 37.3 Å². The average Bonchev–Trinajstić information content (AvgIpc) is 3.05. The van der Waals surface area contributed by atoms with Gasteiger partial charge < -0.3 is 14.8 Å². The van der Waals surface area contributed by atoms with Gasteiger partial charge in [0.2, 0.25) is 0 Å². The van der Waals surface area contributed by atoms with Crippen molar-refractivity contribution in [2.45, 2.75) is 32.9 Å². The van der Waals surface area contributed by atoms with Gasteiger partial charge in [0.1, 0.15) is 5.82 Å². The summed E-state index contributed by atoms with van der Waals surface area (Å²) in [5.41, 5.74) is 1.28. The van der Waals surface area contributed by atoms with Crippen molar-refractivity contribution in [3.8, 4) is 0 Å². The van der Waals surface area contributed by atoms with Crippen molar-refractivity contribution < 1.29 is 0 Å². The number of piperidine rings is 1. The van der Waals surface area contributed by atoms with Crippen LogP contribution in [0.5, 0.6) is 0 Å². The Morgan fingerprint density at radius 3 is 2.71 bits per heavy atom. The molecule has 2 heterocycles. The molecule has 1 N–H and O–H groups in total. The Labute approximate surface area is 144 Å². The second-order valence-corrected chi connectivity index (χ2v) is 6.53. The lowest BCUT2D eigenvalue weighted by Gasteiger charge is -2.32. The van der Waals surface area contributed by atoms with Crippen LogP contribution in [-0.4, -0.2) is 40.5 Å². The smallest absolute Gasteiger partial charge is 0.194 e. The molecule has 0 spiro atoms. The molecule has 2 aromatic rings. The lowest BCUT2D eigenvalue weighted by atomic mass is 10.00. The third-order valence-corrected chi connectivity index (χ3v) is 4.70. The summed E-state index contributed by atoms with van der Waals surface area (Å²) in [4.78, 5) is 11.3. The monoisotopic (exact) mass is 325 g/mol. The molecular weight excluding hydrogens is 298 g/mol. The van der Waals surface area contributed by atoms with Crippen molar-refractivity contribution in [3.05, 3.63) is 54.1 Å². The van der Waals surface area contributed by atoms with E-state index in [0.29, 0.717) is 6.54 Å². The number of guanidine groups is 1. The maximum Gasteiger partial charge on any atom is 0.194 e. The van der Waals surface area contributed by atoms with E-state index in [9.17, 15) is 0 Å². The Morgan fingerprint density at radius 2 is 2.00 bits per heavy atom. The molecule has 1 aliphatic rings. The van der Waals surface area contributed by atoms with Gasteiger partial charge in [-0.3, -0.25) is 4.99 Å². The number of likely N-dealkylation sites (tertiary alicyclic amines) is 1. The molecule has 1 aromatic heterocycles. The number of hydrogen-bond donors (Lipinski definition) is 1. The SMILES string of the molecule is CN=C(NCc1nccn1Cc1ccccc1)N1CCC(C)CC1. The van der Waals surface area contributed by atoms with E-state index in [2.05, 4.69) is 55.9 Å². The normalized spacial score (nSPS) is 16.4. The zero-order valence-corrected chi connectivity index (χ0v) is 14.7. The number of nitrogens with zero attached hydrogens (tertiary/aromatic N) is 4. The largest absolute Gasteiger partial charge is 0.349 e. The topological polar surface area (TPSA) is 45.5 Å². The molecule has 1 saturated heterocycles. The van der Waals surface area contributed by atoms with Gasteiger partial charge in [-0.2, -0.15) is 0 Å². The lowest BCUT2D eigenvalue weighted by molar-refractivity contribution is 0.273. The van der Waals surface area contributed by atoms with Crippen LogP contribution in [0, 0.1) is 5.92 Å². The van der Waals surface area contributed by atoms with Crippen molar-refractivity contribution in [1.29, 1.82) is 0 Å². The van der Waals surface area contributed by atoms with E-state index in [1.54, 1.807) is 0 Å². The minimum Gasteiger partial charge on any atom is -0.349 e. The van der Waals surface area contributed by atoms with Crippen molar-refractivity contribution in [1.82, 2.24) is 19.8 Å². The van der Waals surface area contributed by atoms with Crippen molar-refractivity contribution in [2.24, 2.45) is 10.9 Å². The Morgan fingerprint density at radius 1 is 1.25 bits per heavy atom. The van der Waals surface area contributed by atoms with Crippen LogP contribution >= 0.6 is 0 Å². The van der Waals surface area contributed by atoms with E-state index >= 15 is 0 Å². The van der Waals surface area contributed by atoms with Crippen LogP contribution in [-0.2, 0) is 13.1 Å². The first-order valence-corrected chi connectivity index (χ1v) is 8.76. The number of rotatable bonds is 4. The van der Waals surface area contributed by atoms with E-state index in [0.717, 1.165) is 37.3 Å². The number of imidazole rings is 1. The summed E-state index contributed by atoms with van der Waals surface area (Å²) in [6.07, 6.45) is 6.38. The molecule has 128 valence electrons. The van der Waals surface area contributed by atoms with Gasteiger partial charge in [0.25, 0.3) is 0 Å². The van der Waals surface area contributed by atoms with Gasteiger partial charge >= 0.3 is 0 Å². The maximum atomic E-state index is 4.50. The quantitative estimate of drug-likeness (QED) is 0.694. The molecule has 0 aliphatic carbocycles. The van der Waals surface area contributed by atoms with Crippen molar-refractivity contribution >= 4 is 5.96 Å². The van der Waals surface area contributed by atoms with Crippen molar-refractivity contribution in [2.75, 3.05) is 20.1 Å². The highest BCUT2D eigenvalue weighted by molar-refractivity contribution is 5.79. The summed E-state index contributed by atoms with van der Waals surface area (Å²) >= 11 is 0. The first kappa shape index (κ1) is 16.6. The molecule has 5 heteroatoms. The number of nitrogens with one attached hydrogen (secondary N) is 1. The molecule has 0 amide bonds. The zero-order chi connectivity index (χ0) is 16.8. The van der Waals surface area contributed by atoms with Crippen LogP contribution in [0.2, 0.25) is 0 Å². The van der Waals surface area contributed by atoms with Gasteiger partial charge in [-0.15, -0.1) is 0 Å². The van der Waals surface area contributed by atoms with E-state index in [1.165, 1.54) is 18.4 Å².